The molecule has 1 saturated heterocycles. The average molecular weight is 386 g/mol. The first-order valence-electron chi connectivity index (χ1n) is 8.79. The van der Waals surface area contributed by atoms with Crippen LogP contribution in [0.2, 0.25) is 0 Å². The number of rotatable bonds is 2. The van der Waals surface area contributed by atoms with Gasteiger partial charge in [-0.3, -0.25) is 9.59 Å². The summed E-state index contributed by atoms with van der Waals surface area (Å²) in [5, 5.41) is 8.23. The molecule has 3 heterocycles. The molecule has 3 aromatic rings. The van der Waals surface area contributed by atoms with Crippen LogP contribution in [-0.2, 0) is 4.79 Å². The zero-order valence-electron chi connectivity index (χ0n) is 15.0. The first kappa shape index (κ1) is 17.7. The highest BCUT2D eigenvalue weighted by molar-refractivity contribution is 7.20. The molecule has 1 aliphatic rings. The Hall–Kier alpha value is -2.74. The van der Waals surface area contributed by atoms with E-state index in [-0.39, 0.29) is 17.6 Å². The van der Waals surface area contributed by atoms with E-state index in [0.29, 0.717) is 18.0 Å². The van der Waals surface area contributed by atoms with Crippen molar-refractivity contribution in [2.24, 2.45) is 0 Å². The van der Waals surface area contributed by atoms with Gasteiger partial charge in [-0.05, 0) is 50.6 Å². The Morgan fingerprint density at radius 2 is 2.07 bits per heavy atom. The van der Waals surface area contributed by atoms with Crippen molar-refractivity contribution in [2.75, 3.05) is 13.1 Å². The molecule has 0 bridgehead atoms. The second-order valence-corrected chi connectivity index (χ2v) is 7.65. The number of nitrogens with one attached hydrogen (secondary N) is 1. The zero-order chi connectivity index (χ0) is 19.1. The third-order valence-electron chi connectivity index (χ3n) is 4.81. The summed E-state index contributed by atoms with van der Waals surface area (Å²) in [5.74, 6) is -0.587. The molecule has 0 radical (unpaired) electrons. The molecule has 4 rings (SSSR count). The van der Waals surface area contributed by atoms with Crippen LogP contribution < -0.4 is 5.32 Å². The van der Waals surface area contributed by atoms with Crippen LogP contribution in [0.25, 0.3) is 15.9 Å². The van der Waals surface area contributed by atoms with Crippen LogP contribution in [0.3, 0.4) is 0 Å². The number of halogens is 1. The van der Waals surface area contributed by atoms with Gasteiger partial charge < -0.3 is 10.2 Å². The van der Waals surface area contributed by atoms with Crippen molar-refractivity contribution in [1.29, 1.82) is 0 Å². The summed E-state index contributed by atoms with van der Waals surface area (Å²) < 4.78 is 15.0. The molecule has 2 amide bonds. The third kappa shape index (κ3) is 3.10. The number of aromatic nitrogens is 2. The van der Waals surface area contributed by atoms with Gasteiger partial charge in [0.1, 0.15) is 16.7 Å². The minimum Gasteiger partial charge on any atom is -0.354 e. The number of thiophene rings is 1. The van der Waals surface area contributed by atoms with Crippen molar-refractivity contribution >= 4 is 33.4 Å². The molecule has 1 unspecified atom stereocenters. The Bertz CT molecular complexity index is 1020. The lowest BCUT2D eigenvalue weighted by molar-refractivity contribution is -0.124. The number of nitrogens with zero attached hydrogens (tertiary/aromatic N) is 3. The number of fused-ring (bicyclic) bond motifs is 1. The molecule has 2 aromatic heterocycles. The lowest BCUT2D eigenvalue weighted by Gasteiger charge is -2.24. The quantitative estimate of drug-likeness (QED) is 0.736. The largest absolute Gasteiger partial charge is 0.354 e. The van der Waals surface area contributed by atoms with E-state index >= 15 is 0 Å². The molecule has 1 fully saturated rings. The van der Waals surface area contributed by atoms with Crippen LogP contribution in [0.15, 0.2) is 30.3 Å². The standard InChI is InChI=1S/C19H19FN4O2S/c1-11-15-10-16(18(26)23-9-3-8-21-17(25)12(23)2)27-19(15)24(22-11)14-6-4-13(20)5-7-14/h4-7,10,12H,3,8-9H2,1-2H3,(H,21,25). The zero-order valence-corrected chi connectivity index (χ0v) is 15.8. The molecular weight excluding hydrogens is 367 g/mol. The topological polar surface area (TPSA) is 67.2 Å². The lowest BCUT2D eigenvalue weighted by atomic mass is 10.2. The summed E-state index contributed by atoms with van der Waals surface area (Å²) >= 11 is 1.34. The molecule has 0 saturated carbocycles. The van der Waals surface area contributed by atoms with Crippen LogP contribution in [0, 0.1) is 12.7 Å². The number of hydrogen-bond donors (Lipinski definition) is 1. The maximum Gasteiger partial charge on any atom is 0.264 e. The fraction of sp³-hybridized carbons (Fsp3) is 0.316. The van der Waals surface area contributed by atoms with Gasteiger partial charge in [-0.2, -0.15) is 5.10 Å². The molecule has 1 aromatic carbocycles. The van der Waals surface area contributed by atoms with Crippen molar-refractivity contribution < 1.29 is 14.0 Å². The van der Waals surface area contributed by atoms with E-state index in [2.05, 4.69) is 10.4 Å². The fourth-order valence-electron chi connectivity index (χ4n) is 3.27. The maximum atomic E-state index is 13.2. The van der Waals surface area contributed by atoms with E-state index in [0.717, 1.165) is 28.0 Å². The summed E-state index contributed by atoms with van der Waals surface area (Å²) in [6.07, 6.45) is 0.731. The van der Waals surface area contributed by atoms with Crippen LogP contribution in [0.4, 0.5) is 4.39 Å². The number of amides is 2. The molecule has 140 valence electrons. The normalized spacial score (nSPS) is 17.8. The third-order valence-corrected chi connectivity index (χ3v) is 5.91. The molecule has 1 aliphatic heterocycles. The van der Waals surface area contributed by atoms with Crippen molar-refractivity contribution in [3.05, 3.63) is 46.7 Å². The van der Waals surface area contributed by atoms with Gasteiger partial charge in [0.2, 0.25) is 5.91 Å². The molecule has 0 aliphatic carbocycles. The lowest BCUT2D eigenvalue weighted by Crippen LogP contribution is -2.45. The molecule has 6 nitrogen and oxygen atoms in total. The van der Waals surface area contributed by atoms with Gasteiger partial charge in [-0.1, -0.05) is 0 Å². The van der Waals surface area contributed by atoms with Crippen molar-refractivity contribution in [1.82, 2.24) is 20.0 Å². The number of carbonyl (C=O) groups excluding carboxylic acids is 2. The second-order valence-electron chi connectivity index (χ2n) is 6.62. The van der Waals surface area contributed by atoms with Crippen LogP contribution in [-0.4, -0.2) is 45.6 Å². The monoisotopic (exact) mass is 386 g/mol. The highest BCUT2D eigenvalue weighted by Crippen LogP contribution is 2.31. The van der Waals surface area contributed by atoms with Crippen molar-refractivity contribution in [3.63, 3.8) is 0 Å². The average Bonchev–Trinajstić information content (AvgIpc) is 3.17. The summed E-state index contributed by atoms with van der Waals surface area (Å²) in [4.78, 5) is 28.1. The maximum absolute atomic E-state index is 13.2. The highest BCUT2D eigenvalue weighted by atomic mass is 32.1. The smallest absolute Gasteiger partial charge is 0.264 e. The van der Waals surface area contributed by atoms with Gasteiger partial charge in [0.05, 0.1) is 16.3 Å². The SMILES string of the molecule is Cc1nn(-c2ccc(F)cc2)c2sc(C(=O)N3CCCNC(=O)C3C)cc12. The molecule has 1 N–H and O–H groups in total. The van der Waals surface area contributed by atoms with Crippen molar-refractivity contribution in [2.45, 2.75) is 26.3 Å². The summed E-state index contributed by atoms with van der Waals surface area (Å²) in [5.41, 5.74) is 1.53. The number of aryl methyl sites for hydroxylation is 1. The predicted octanol–water partition coefficient (Wildman–Crippen LogP) is 2.89. The summed E-state index contributed by atoms with van der Waals surface area (Å²) in [6.45, 7) is 4.75. The highest BCUT2D eigenvalue weighted by Gasteiger charge is 2.30. The molecular formula is C19H19FN4O2S. The number of hydrogen-bond acceptors (Lipinski definition) is 4. The number of carbonyl (C=O) groups is 2. The first-order chi connectivity index (χ1) is 13.0. The van der Waals surface area contributed by atoms with Gasteiger partial charge >= 0.3 is 0 Å². The van der Waals surface area contributed by atoms with E-state index in [1.54, 1.807) is 28.6 Å². The Kier molecular flexibility index (Phi) is 4.43. The minimum absolute atomic E-state index is 0.129. The van der Waals surface area contributed by atoms with E-state index in [1.165, 1.54) is 23.5 Å². The fourth-order valence-corrected chi connectivity index (χ4v) is 4.41. The Morgan fingerprint density at radius 1 is 1.33 bits per heavy atom. The van der Waals surface area contributed by atoms with E-state index in [9.17, 15) is 14.0 Å². The van der Waals surface area contributed by atoms with Gasteiger partial charge in [0.25, 0.3) is 5.91 Å². The van der Waals surface area contributed by atoms with Crippen LogP contribution in [0.5, 0.6) is 0 Å². The van der Waals surface area contributed by atoms with E-state index < -0.39 is 6.04 Å². The second kappa shape index (κ2) is 6.77. The van der Waals surface area contributed by atoms with Crippen LogP contribution >= 0.6 is 11.3 Å². The van der Waals surface area contributed by atoms with Crippen LogP contribution in [0.1, 0.15) is 28.7 Å². The summed E-state index contributed by atoms with van der Waals surface area (Å²) in [7, 11) is 0. The summed E-state index contributed by atoms with van der Waals surface area (Å²) in [6, 6.07) is 7.41. The molecule has 27 heavy (non-hydrogen) atoms. The van der Waals surface area contributed by atoms with Gasteiger partial charge in [0, 0.05) is 18.5 Å². The Labute approximate surface area is 159 Å². The first-order valence-corrected chi connectivity index (χ1v) is 9.61. The van der Waals surface area contributed by atoms with Gasteiger partial charge in [0.15, 0.2) is 0 Å². The molecule has 8 heteroatoms. The van der Waals surface area contributed by atoms with E-state index in [4.69, 9.17) is 0 Å². The molecule has 1 atom stereocenters. The van der Waals surface area contributed by atoms with Crippen molar-refractivity contribution in [3.8, 4) is 5.69 Å². The predicted molar refractivity (Wildman–Crippen MR) is 102 cm³/mol. The Morgan fingerprint density at radius 3 is 2.81 bits per heavy atom. The molecule has 0 spiro atoms. The van der Waals surface area contributed by atoms with Gasteiger partial charge in [-0.25, -0.2) is 9.07 Å². The minimum atomic E-state index is -0.500. The number of benzene rings is 1. The Balaban J connectivity index is 1.73. The van der Waals surface area contributed by atoms with Gasteiger partial charge in [-0.15, -0.1) is 11.3 Å². The van der Waals surface area contributed by atoms with E-state index in [1.807, 2.05) is 13.0 Å².